The highest BCUT2D eigenvalue weighted by molar-refractivity contribution is 5.46. The first kappa shape index (κ1) is 20.4. The summed E-state index contributed by atoms with van der Waals surface area (Å²) in [6.07, 6.45) is 3.59. The lowest BCUT2D eigenvalue weighted by Crippen LogP contribution is -2.47. The van der Waals surface area contributed by atoms with Crippen LogP contribution in [0.1, 0.15) is 30.9 Å². The maximum atomic E-state index is 5.60. The van der Waals surface area contributed by atoms with Gasteiger partial charge in [-0.3, -0.25) is 4.90 Å². The number of hydrogen-bond donors (Lipinski definition) is 1. The molecule has 4 nitrogen and oxygen atoms in total. The number of hydrogen-bond acceptors (Lipinski definition) is 4. The normalized spacial score (nSPS) is 21.4. The van der Waals surface area contributed by atoms with E-state index in [9.17, 15) is 0 Å². The van der Waals surface area contributed by atoms with E-state index in [1.54, 1.807) is 0 Å². The minimum Gasteiger partial charge on any atom is -0.381 e. The second-order valence-electron chi connectivity index (χ2n) is 8.40. The van der Waals surface area contributed by atoms with E-state index in [1.807, 2.05) is 0 Å². The van der Waals surface area contributed by atoms with Gasteiger partial charge in [0, 0.05) is 51.1 Å². The molecule has 2 aliphatic rings. The van der Waals surface area contributed by atoms with E-state index in [0.717, 1.165) is 45.9 Å². The number of benzene rings is 2. The molecule has 2 saturated heterocycles. The smallest absolute Gasteiger partial charge is 0.0495 e. The van der Waals surface area contributed by atoms with Crippen molar-refractivity contribution in [1.29, 1.82) is 0 Å². The van der Waals surface area contributed by atoms with Crippen molar-refractivity contribution in [2.24, 2.45) is 5.92 Å². The fraction of sp³-hybridized carbons (Fsp3) is 0.520. The highest BCUT2D eigenvalue weighted by Gasteiger charge is 2.22. The third-order valence-electron chi connectivity index (χ3n) is 6.33. The summed E-state index contributed by atoms with van der Waals surface area (Å²) >= 11 is 0. The van der Waals surface area contributed by atoms with Crippen LogP contribution in [0.2, 0.25) is 0 Å². The molecule has 2 aliphatic heterocycles. The first-order valence-electron chi connectivity index (χ1n) is 11.3. The van der Waals surface area contributed by atoms with Crippen molar-refractivity contribution < 1.29 is 4.74 Å². The van der Waals surface area contributed by atoms with Crippen molar-refractivity contribution in [3.63, 3.8) is 0 Å². The number of nitrogens with one attached hydrogen (secondary N) is 1. The van der Waals surface area contributed by atoms with E-state index in [2.05, 4.69) is 75.8 Å². The Hall–Kier alpha value is -1.88. The van der Waals surface area contributed by atoms with E-state index in [-0.39, 0.29) is 0 Å². The SMILES string of the molecule is c1ccc(C(CC2CCOC2)NCCCN2CCN(c3ccccc3)CC2)cc1. The lowest BCUT2D eigenvalue weighted by atomic mass is 9.94. The number of nitrogens with zero attached hydrogens (tertiary/aromatic N) is 2. The molecule has 1 N–H and O–H groups in total. The zero-order valence-electron chi connectivity index (χ0n) is 17.5. The van der Waals surface area contributed by atoms with Crippen molar-refractivity contribution in [1.82, 2.24) is 10.2 Å². The molecular formula is C25H35N3O. The summed E-state index contributed by atoms with van der Waals surface area (Å²) in [4.78, 5) is 5.12. The fourth-order valence-electron chi connectivity index (χ4n) is 4.57. The van der Waals surface area contributed by atoms with Crippen LogP contribution < -0.4 is 10.2 Å². The summed E-state index contributed by atoms with van der Waals surface area (Å²) in [5, 5.41) is 3.84. The Morgan fingerprint density at radius 2 is 1.66 bits per heavy atom. The second-order valence-corrected chi connectivity index (χ2v) is 8.40. The van der Waals surface area contributed by atoms with E-state index in [0.29, 0.717) is 12.0 Å². The van der Waals surface area contributed by atoms with Crippen molar-refractivity contribution in [2.75, 3.05) is 57.4 Å². The van der Waals surface area contributed by atoms with Crippen LogP contribution in [-0.2, 0) is 4.74 Å². The predicted octanol–water partition coefficient (Wildman–Crippen LogP) is 3.96. The summed E-state index contributed by atoms with van der Waals surface area (Å²) in [5.74, 6) is 0.693. The Balaban J connectivity index is 1.19. The standard InChI is InChI=1S/C25H35N3O/c1-3-8-23(9-4-1)25(20-22-12-19-29-21-22)26-13-7-14-27-15-17-28(18-16-27)24-10-5-2-6-11-24/h1-6,8-11,22,25-26H,7,12-21H2. The van der Waals surface area contributed by atoms with Gasteiger partial charge in [0.05, 0.1) is 0 Å². The summed E-state index contributed by atoms with van der Waals surface area (Å²) in [6, 6.07) is 22.2. The number of para-hydroxylation sites is 1. The molecule has 0 radical (unpaired) electrons. The maximum absolute atomic E-state index is 5.60. The Morgan fingerprint density at radius 3 is 2.34 bits per heavy atom. The molecule has 2 aromatic rings. The Bertz CT molecular complexity index is 695. The van der Waals surface area contributed by atoms with Gasteiger partial charge in [-0.05, 0) is 56.0 Å². The molecule has 0 aromatic heterocycles. The average molecular weight is 394 g/mol. The molecule has 0 spiro atoms. The Kier molecular flexibility index (Phi) is 7.57. The minimum absolute atomic E-state index is 0.442. The molecule has 29 heavy (non-hydrogen) atoms. The zero-order chi connectivity index (χ0) is 19.7. The molecule has 2 unspecified atom stereocenters. The van der Waals surface area contributed by atoms with Gasteiger partial charge in [-0.1, -0.05) is 48.5 Å². The van der Waals surface area contributed by atoms with Crippen LogP contribution >= 0.6 is 0 Å². The molecule has 0 amide bonds. The quantitative estimate of drug-likeness (QED) is 0.653. The van der Waals surface area contributed by atoms with E-state index < -0.39 is 0 Å². The van der Waals surface area contributed by atoms with Crippen molar-refractivity contribution in [3.05, 3.63) is 66.2 Å². The van der Waals surface area contributed by atoms with Gasteiger partial charge in [-0.2, -0.15) is 0 Å². The van der Waals surface area contributed by atoms with Crippen LogP contribution in [0.3, 0.4) is 0 Å². The Labute approximate surface area is 175 Å². The first-order chi connectivity index (χ1) is 14.4. The monoisotopic (exact) mass is 393 g/mol. The first-order valence-corrected chi connectivity index (χ1v) is 11.3. The third kappa shape index (κ3) is 6.05. The van der Waals surface area contributed by atoms with Crippen molar-refractivity contribution >= 4 is 5.69 Å². The van der Waals surface area contributed by atoms with Crippen LogP contribution in [0, 0.1) is 5.92 Å². The highest BCUT2D eigenvalue weighted by atomic mass is 16.5. The Morgan fingerprint density at radius 1 is 0.931 bits per heavy atom. The highest BCUT2D eigenvalue weighted by Crippen LogP contribution is 2.26. The number of anilines is 1. The zero-order valence-corrected chi connectivity index (χ0v) is 17.5. The third-order valence-corrected chi connectivity index (χ3v) is 6.33. The molecule has 4 rings (SSSR count). The summed E-state index contributed by atoms with van der Waals surface area (Å²) in [6.45, 7) is 8.71. The molecule has 156 valence electrons. The fourth-order valence-corrected chi connectivity index (χ4v) is 4.57. The van der Waals surface area contributed by atoms with Gasteiger partial charge >= 0.3 is 0 Å². The number of ether oxygens (including phenoxy) is 1. The van der Waals surface area contributed by atoms with Crippen molar-refractivity contribution in [2.45, 2.75) is 25.3 Å². The van der Waals surface area contributed by atoms with Crippen LogP contribution in [0.25, 0.3) is 0 Å². The van der Waals surface area contributed by atoms with E-state index in [1.165, 1.54) is 37.1 Å². The topological polar surface area (TPSA) is 27.7 Å². The van der Waals surface area contributed by atoms with E-state index >= 15 is 0 Å². The molecule has 2 atom stereocenters. The summed E-state index contributed by atoms with van der Waals surface area (Å²) in [5.41, 5.74) is 2.77. The second kappa shape index (κ2) is 10.8. The molecule has 2 aromatic carbocycles. The minimum atomic E-state index is 0.442. The lowest BCUT2D eigenvalue weighted by Gasteiger charge is -2.36. The van der Waals surface area contributed by atoms with Gasteiger partial charge in [-0.15, -0.1) is 0 Å². The lowest BCUT2D eigenvalue weighted by molar-refractivity contribution is 0.181. The van der Waals surface area contributed by atoms with Gasteiger partial charge in [0.15, 0.2) is 0 Å². The van der Waals surface area contributed by atoms with Gasteiger partial charge in [0.25, 0.3) is 0 Å². The van der Waals surface area contributed by atoms with Gasteiger partial charge in [0.1, 0.15) is 0 Å². The maximum Gasteiger partial charge on any atom is 0.0495 e. The van der Waals surface area contributed by atoms with Crippen LogP contribution in [-0.4, -0.2) is 57.4 Å². The molecule has 0 aliphatic carbocycles. The van der Waals surface area contributed by atoms with Crippen LogP contribution in [0.5, 0.6) is 0 Å². The average Bonchev–Trinajstić information content (AvgIpc) is 3.31. The molecule has 0 bridgehead atoms. The molecular weight excluding hydrogens is 358 g/mol. The van der Waals surface area contributed by atoms with Gasteiger partial charge < -0.3 is 15.0 Å². The van der Waals surface area contributed by atoms with E-state index in [4.69, 9.17) is 4.74 Å². The summed E-state index contributed by atoms with van der Waals surface area (Å²) < 4.78 is 5.60. The molecule has 0 saturated carbocycles. The molecule has 2 fully saturated rings. The van der Waals surface area contributed by atoms with Gasteiger partial charge in [0.2, 0.25) is 0 Å². The number of piperazine rings is 1. The van der Waals surface area contributed by atoms with Crippen LogP contribution in [0.15, 0.2) is 60.7 Å². The molecule has 2 heterocycles. The largest absolute Gasteiger partial charge is 0.381 e. The van der Waals surface area contributed by atoms with Crippen LogP contribution in [0.4, 0.5) is 5.69 Å². The predicted molar refractivity (Wildman–Crippen MR) is 120 cm³/mol. The number of rotatable bonds is 9. The van der Waals surface area contributed by atoms with Gasteiger partial charge in [-0.25, -0.2) is 0 Å². The van der Waals surface area contributed by atoms with Crippen molar-refractivity contribution in [3.8, 4) is 0 Å². The molecule has 4 heteroatoms. The summed E-state index contributed by atoms with van der Waals surface area (Å²) in [7, 11) is 0.